The Labute approximate surface area is 158 Å². The van der Waals surface area contributed by atoms with E-state index in [0.717, 1.165) is 31.1 Å². The van der Waals surface area contributed by atoms with Gasteiger partial charge < -0.3 is 20.6 Å². The summed E-state index contributed by atoms with van der Waals surface area (Å²) in [4.78, 5) is 34.5. The van der Waals surface area contributed by atoms with Crippen LogP contribution >= 0.6 is 0 Å². The minimum Gasteiger partial charge on any atom is -0.393 e. The number of likely N-dealkylation sites (N-methyl/N-ethyl adjacent to an activating group) is 1. The molecule has 1 saturated carbocycles. The molecule has 2 amide bonds. The van der Waals surface area contributed by atoms with Crippen LogP contribution in [-0.4, -0.2) is 64.6 Å². The molecule has 2 aromatic rings. The van der Waals surface area contributed by atoms with Gasteiger partial charge in [-0.25, -0.2) is 9.97 Å². The van der Waals surface area contributed by atoms with E-state index in [1.165, 1.54) is 4.90 Å². The van der Waals surface area contributed by atoms with Crippen molar-refractivity contribution in [2.75, 3.05) is 26.0 Å². The Balaban J connectivity index is 1.77. The number of benzene rings is 1. The SMILES string of the molecule is CN(C)C(=O)CNC(=O)c1cccc2cnc(N[C@H]3CC[C@H](O)CC3)nc12. The quantitative estimate of drug-likeness (QED) is 0.728. The Kier molecular flexibility index (Phi) is 5.85. The van der Waals surface area contributed by atoms with Gasteiger partial charge in [-0.2, -0.15) is 0 Å². The summed E-state index contributed by atoms with van der Waals surface area (Å²) in [6.07, 6.45) is 4.71. The van der Waals surface area contributed by atoms with Crippen LogP contribution < -0.4 is 10.6 Å². The second kappa shape index (κ2) is 8.30. The van der Waals surface area contributed by atoms with Gasteiger partial charge in [0.15, 0.2) is 0 Å². The Morgan fingerprint density at radius 3 is 2.67 bits per heavy atom. The van der Waals surface area contributed by atoms with Gasteiger partial charge in [0.1, 0.15) is 0 Å². The summed E-state index contributed by atoms with van der Waals surface area (Å²) in [6.45, 7) is -0.0667. The fraction of sp³-hybridized carbons (Fsp3) is 0.474. The summed E-state index contributed by atoms with van der Waals surface area (Å²) in [7, 11) is 3.28. The molecule has 1 aromatic heterocycles. The van der Waals surface area contributed by atoms with E-state index in [0.29, 0.717) is 17.0 Å². The fourth-order valence-corrected chi connectivity index (χ4v) is 3.12. The van der Waals surface area contributed by atoms with Gasteiger partial charge in [-0.1, -0.05) is 12.1 Å². The van der Waals surface area contributed by atoms with Gasteiger partial charge in [-0.05, 0) is 31.7 Å². The number of hydrogen-bond acceptors (Lipinski definition) is 6. The topological polar surface area (TPSA) is 107 Å². The number of aromatic nitrogens is 2. The Morgan fingerprint density at radius 2 is 1.96 bits per heavy atom. The van der Waals surface area contributed by atoms with Crippen LogP contribution in [0.15, 0.2) is 24.4 Å². The van der Waals surface area contributed by atoms with E-state index in [9.17, 15) is 14.7 Å². The molecule has 8 heteroatoms. The molecule has 0 unspecified atom stereocenters. The Hall–Kier alpha value is -2.74. The number of nitrogens with one attached hydrogen (secondary N) is 2. The summed E-state index contributed by atoms with van der Waals surface area (Å²) in [6, 6.07) is 5.51. The van der Waals surface area contributed by atoms with E-state index in [-0.39, 0.29) is 30.5 Å². The van der Waals surface area contributed by atoms with Crippen molar-refractivity contribution in [3.8, 4) is 0 Å². The molecule has 0 atom stereocenters. The smallest absolute Gasteiger partial charge is 0.253 e. The monoisotopic (exact) mass is 371 g/mol. The maximum absolute atomic E-state index is 12.5. The first-order chi connectivity index (χ1) is 12.9. The summed E-state index contributed by atoms with van der Waals surface area (Å²) in [5, 5.41) is 16.3. The van der Waals surface area contributed by atoms with Crippen molar-refractivity contribution in [1.82, 2.24) is 20.2 Å². The van der Waals surface area contributed by atoms with Crippen LogP contribution in [0.3, 0.4) is 0 Å². The van der Waals surface area contributed by atoms with Gasteiger partial charge in [0.25, 0.3) is 5.91 Å². The lowest BCUT2D eigenvalue weighted by molar-refractivity contribution is -0.127. The normalized spacial score (nSPS) is 19.5. The van der Waals surface area contributed by atoms with Crippen molar-refractivity contribution in [3.63, 3.8) is 0 Å². The molecule has 1 fully saturated rings. The average molecular weight is 371 g/mol. The van der Waals surface area contributed by atoms with Gasteiger partial charge in [0, 0.05) is 31.7 Å². The molecule has 1 heterocycles. The first kappa shape index (κ1) is 19.0. The number of anilines is 1. The van der Waals surface area contributed by atoms with E-state index >= 15 is 0 Å². The molecule has 1 aromatic carbocycles. The first-order valence-corrected chi connectivity index (χ1v) is 9.12. The van der Waals surface area contributed by atoms with Gasteiger partial charge in [-0.3, -0.25) is 9.59 Å². The fourth-order valence-electron chi connectivity index (χ4n) is 3.12. The highest BCUT2D eigenvalue weighted by atomic mass is 16.3. The van der Waals surface area contributed by atoms with E-state index in [4.69, 9.17) is 0 Å². The molecule has 3 rings (SSSR count). The molecule has 0 spiro atoms. The maximum Gasteiger partial charge on any atom is 0.253 e. The number of carbonyl (C=O) groups excluding carboxylic acids is 2. The lowest BCUT2D eigenvalue weighted by atomic mass is 9.93. The van der Waals surface area contributed by atoms with Crippen molar-refractivity contribution in [2.24, 2.45) is 0 Å². The maximum atomic E-state index is 12.5. The highest BCUT2D eigenvalue weighted by Gasteiger charge is 2.20. The molecule has 0 radical (unpaired) electrons. The summed E-state index contributed by atoms with van der Waals surface area (Å²) >= 11 is 0. The molecule has 0 aliphatic heterocycles. The summed E-state index contributed by atoms with van der Waals surface area (Å²) < 4.78 is 0. The van der Waals surface area contributed by atoms with Crippen molar-refractivity contribution < 1.29 is 14.7 Å². The van der Waals surface area contributed by atoms with E-state index in [2.05, 4.69) is 20.6 Å². The first-order valence-electron chi connectivity index (χ1n) is 9.12. The third-order valence-electron chi connectivity index (χ3n) is 4.78. The molecule has 8 nitrogen and oxygen atoms in total. The lowest BCUT2D eigenvalue weighted by Crippen LogP contribution is -2.36. The predicted octanol–water partition coefficient (Wildman–Crippen LogP) is 1.16. The van der Waals surface area contributed by atoms with Crippen LogP contribution in [0.2, 0.25) is 0 Å². The second-order valence-corrected chi connectivity index (χ2v) is 7.06. The van der Waals surface area contributed by atoms with Crippen LogP contribution in [0.5, 0.6) is 0 Å². The second-order valence-electron chi connectivity index (χ2n) is 7.06. The predicted molar refractivity (Wildman–Crippen MR) is 102 cm³/mol. The standard InChI is InChI=1S/C19H25N5O3/c1-24(2)16(26)11-20-18(27)15-5-3-4-12-10-21-19(23-17(12)15)22-13-6-8-14(25)9-7-13/h3-5,10,13-14,25H,6-9,11H2,1-2H3,(H,20,27)(H,21,22,23)/t13-,14-. The van der Waals surface area contributed by atoms with Gasteiger partial charge >= 0.3 is 0 Å². The summed E-state index contributed by atoms with van der Waals surface area (Å²) in [5.74, 6) is -0.0604. The highest BCUT2D eigenvalue weighted by molar-refractivity contribution is 6.06. The molecule has 27 heavy (non-hydrogen) atoms. The number of rotatable bonds is 5. The number of para-hydroxylation sites is 1. The zero-order chi connectivity index (χ0) is 19.4. The molecule has 0 saturated heterocycles. The van der Waals surface area contributed by atoms with Crippen LogP contribution in [0, 0.1) is 0 Å². The number of nitrogens with zero attached hydrogens (tertiary/aromatic N) is 3. The van der Waals surface area contributed by atoms with Crippen molar-refractivity contribution >= 4 is 28.7 Å². The molecule has 1 aliphatic carbocycles. The van der Waals surface area contributed by atoms with Crippen molar-refractivity contribution in [1.29, 1.82) is 0 Å². The Bertz CT molecular complexity index is 831. The zero-order valence-electron chi connectivity index (χ0n) is 15.6. The summed E-state index contributed by atoms with van der Waals surface area (Å²) in [5.41, 5.74) is 0.948. The number of aliphatic hydroxyl groups excluding tert-OH is 1. The molecule has 1 aliphatic rings. The highest BCUT2D eigenvalue weighted by Crippen LogP contribution is 2.22. The van der Waals surface area contributed by atoms with Crippen molar-refractivity contribution in [2.45, 2.75) is 37.8 Å². The van der Waals surface area contributed by atoms with Crippen LogP contribution in [-0.2, 0) is 4.79 Å². The largest absolute Gasteiger partial charge is 0.393 e. The number of aliphatic hydroxyl groups is 1. The number of amides is 2. The van der Waals surface area contributed by atoms with Crippen LogP contribution in [0.1, 0.15) is 36.0 Å². The van der Waals surface area contributed by atoms with E-state index in [1.807, 2.05) is 6.07 Å². The third kappa shape index (κ3) is 4.71. The van der Waals surface area contributed by atoms with E-state index in [1.54, 1.807) is 32.4 Å². The third-order valence-corrected chi connectivity index (χ3v) is 4.78. The number of carbonyl (C=O) groups is 2. The molecular weight excluding hydrogens is 346 g/mol. The minimum absolute atomic E-state index is 0.0667. The molecular formula is C19H25N5O3. The van der Waals surface area contributed by atoms with Crippen LogP contribution in [0.4, 0.5) is 5.95 Å². The lowest BCUT2D eigenvalue weighted by Gasteiger charge is -2.26. The minimum atomic E-state index is -0.346. The number of hydrogen-bond donors (Lipinski definition) is 3. The zero-order valence-corrected chi connectivity index (χ0v) is 15.6. The Morgan fingerprint density at radius 1 is 1.22 bits per heavy atom. The van der Waals surface area contributed by atoms with Crippen molar-refractivity contribution in [3.05, 3.63) is 30.0 Å². The molecule has 144 valence electrons. The van der Waals surface area contributed by atoms with Gasteiger partial charge in [0.2, 0.25) is 11.9 Å². The number of fused-ring (bicyclic) bond motifs is 1. The van der Waals surface area contributed by atoms with E-state index < -0.39 is 0 Å². The molecule has 3 N–H and O–H groups in total. The van der Waals surface area contributed by atoms with Gasteiger partial charge in [0.05, 0.1) is 23.7 Å². The van der Waals surface area contributed by atoms with Crippen LogP contribution in [0.25, 0.3) is 10.9 Å². The average Bonchev–Trinajstić information content (AvgIpc) is 2.67. The molecule has 0 bridgehead atoms. The van der Waals surface area contributed by atoms with Gasteiger partial charge in [-0.15, -0.1) is 0 Å².